The highest BCUT2D eigenvalue weighted by Crippen LogP contribution is 2.22. The summed E-state index contributed by atoms with van der Waals surface area (Å²) in [4.78, 5) is 20.2. The normalized spacial score (nSPS) is 12.0. The fourth-order valence-electron chi connectivity index (χ4n) is 1.33. The molecule has 2 rings (SSSR count). The average molecular weight is 249 g/mol. The van der Waals surface area contributed by atoms with Crippen molar-refractivity contribution < 1.29 is 0 Å². The van der Waals surface area contributed by atoms with E-state index in [0.29, 0.717) is 22.5 Å². The predicted molar refractivity (Wildman–Crippen MR) is 71.1 cm³/mol. The lowest BCUT2D eigenvalue weighted by Gasteiger charge is -1.99. The predicted octanol–water partition coefficient (Wildman–Crippen LogP) is 2.82. The van der Waals surface area contributed by atoms with Crippen LogP contribution < -0.4 is 0 Å². The molecule has 1 N–H and O–H groups in total. The minimum Gasteiger partial charge on any atom is -0.340 e. The second kappa shape index (κ2) is 5.27. The van der Waals surface area contributed by atoms with Crippen molar-refractivity contribution in [1.29, 1.82) is 0 Å². The quantitative estimate of drug-likeness (QED) is 0.514. The monoisotopic (exact) mass is 249 g/mol. The van der Waals surface area contributed by atoms with Gasteiger partial charge < -0.3 is 4.98 Å². The number of imidazole rings is 1. The molecule has 0 unspecified atom stereocenters. The van der Waals surface area contributed by atoms with Crippen molar-refractivity contribution in [1.82, 2.24) is 19.9 Å². The molecular formula is C11H15N5S. The van der Waals surface area contributed by atoms with Gasteiger partial charge in [-0.15, -0.1) is 0 Å². The Morgan fingerprint density at radius 3 is 3.00 bits per heavy atom. The molecule has 6 heteroatoms. The second-order valence-corrected chi connectivity index (χ2v) is 4.85. The molecule has 17 heavy (non-hydrogen) atoms. The molecule has 0 aliphatic heterocycles. The Bertz CT molecular complexity index is 532. The number of nitrogens with one attached hydrogen (secondary N) is 1. The second-order valence-electron chi connectivity index (χ2n) is 4.08. The van der Waals surface area contributed by atoms with Gasteiger partial charge in [0.05, 0.1) is 6.33 Å². The summed E-state index contributed by atoms with van der Waals surface area (Å²) in [5, 5.41) is 0.696. The highest BCUT2D eigenvalue weighted by atomic mass is 32.2. The molecule has 2 aromatic rings. The number of aliphatic imine (C=N–C) groups is 1. The molecule has 0 aliphatic rings. The molecule has 2 aromatic heterocycles. The molecule has 2 heterocycles. The van der Waals surface area contributed by atoms with Crippen LogP contribution in [0.25, 0.3) is 11.2 Å². The maximum atomic E-state index is 4.39. The van der Waals surface area contributed by atoms with Gasteiger partial charge in [0.25, 0.3) is 0 Å². The van der Waals surface area contributed by atoms with Gasteiger partial charge in [0.2, 0.25) is 0 Å². The van der Waals surface area contributed by atoms with Crippen LogP contribution in [0.1, 0.15) is 20.3 Å². The summed E-state index contributed by atoms with van der Waals surface area (Å²) in [6.07, 6.45) is 6.39. The van der Waals surface area contributed by atoms with E-state index in [2.05, 4.69) is 38.8 Å². The van der Waals surface area contributed by atoms with Crippen LogP contribution in [0.15, 0.2) is 16.5 Å². The zero-order chi connectivity index (χ0) is 12.3. The van der Waals surface area contributed by atoms with E-state index in [1.165, 1.54) is 11.8 Å². The number of fused-ring (bicyclic) bond motifs is 1. The molecule has 0 amide bonds. The van der Waals surface area contributed by atoms with Crippen molar-refractivity contribution in [3.63, 3.8) is 0 Å². The molecule has 0 saturated heterocycles. The van der Waals surface area contributed by atoms with E-state index in [0.717, 1.165) is 11.9 Å². The van der Waals surface area contributed by atoms with E-state index >= 15 is 0 Å². The lowest BCUT2D eigenvalue weighted by Crippen LogP contribution is -1.90. The van der Waals surface area contributed by atoms with Crippen molar-refractivity contribution in [3.05, 3.63) is 6.33 Å². The van der Waals surface area contributed by atoms with E-state index < -0.39 is 0 Å². The van der Waals surface area contributed by atoms with Crippen molar-refractivity contribution >= 4 is 35.0 Å². The smallest absolute Gasteiger partial charge is 0.191 e. The van der Waals surface area contributed by atoms with E-state index in [-0.39, 0.29) is 0 Å². The SMILES string of the molecule is CSc1nc(N=CCC(C)C)c2[nH]cnc2n1. The van der Waals surface area contributed by atoms with E-state index in [1.54, 1.807) is 6.33 Å². The maximum absolute atomic E-state index is 4.39. The Morgan fingerprint density at radius 2 is 2.29 bits per heavy atom. The van der Waals surface area contributed by atoms with Gasteiger partial charge >= 0.3 is 0 Å². The third-order valence-electron chi connectivity index (χ3n) is 2.22. The Kier molecular flexibility index (Phi) is 3.73. The lowest BCUT2D eigenvalue weighted by atomic mass is 10.2. The van der Waals surface area contributed by atoms with Gasteiger partial charge in [-0.3, -0.25) is 0 Å². The van der Waals surface area contributed by atoms with Crippen molar-refractivity contribution in [2.24, 2.45) is 10.9 Å². The summed E-state index contributed by atoms with van der Waals surface area (Å²) in [7, 11) is 0. The standard InChI is InChI=1S/C11H15N5S/c1-7(2)4-5-12-9-8-10(14-6-13-8)16-11(15-9)17-3/h5-7H,4H2,1-3H3,(H,13,14,15,16). The molecule has 0 bridgehead atoms. The first-order valence-corrected chi connectivity index (χ1v) is 6.71. The van der Waals surface area contributed by atoms with E-state index in [1.807, 2.05) is 12.5 Å². The number of rotatable bonds is 4. The van der Waals surface area contributed by atoms with Crippen molar-refractivity contribution in [3.8, 4) is 0 Å². The molecule has 0 fully saturated rings. The topological polar surface area (TPSA) is 66.8 Å². The average Bonchev–Trinajstić information content (AvgIpc) is 2.76. The third-order valence-corrected chi connectivity index (χ3v) is 2.77. The molecule has 5 nitrogen and oxygen atoms in total. The first-order valence-electron chi connectivity index (χ1n) is 5.48. The summed E-state index contributed by atoms with van der Waals surface area (Å²) in [5.74, 6) is 1.26. The van der Waals surface area contributed by atoms with Gasteiger partial charge in [-0.1, -0.05) is 25.6 Å². The van der Waals surface area contributed by atoms with Crippen LogP contribution in [-0.2, 0) is 0 Å². The Morgan fingerprint density at radius 1 is 1.47 bits per heavy atom. The maximum Gasteiger partial charge on any atom is 0.191 e. The van der Waals surface area contributed by atoms with Crippen LogP contribution in [-0.4, -0.2) is 32.4 Å². The number of hydrogen-bond acceptors (Lipinski definition) is 5. The van der Waals surface area contributed by atoms with E-state index in [9.17, 15) is 0 Å². The highest BCUT2D eigenvalue weighted by Gasteiger charge is 2.07. The Hall–Kier alpha value is -1.43. The first kappa shape index (κ1) is 12.0. The zero-order valence-electron chi connectivity index (χ0n) is 10.1. The fourth-order valence-corrected chi connectivity index (χ4v) is 1.69. The summed E-state index contributed by atoms with van der Waals surface area (Å²) in [6.45, 7) is 4.32. The van der Waals surface area contributed by atoms with Crippen LogP contribution >= 0.6 is 11.8 Å². The van der Waals surface area contributed by atoms with Gasteiger partial charge in [-0.2, -0.15) is 0 Å². The summed E-state index contributed by atoms with van der Waals surface area (Å²) >= 11 is 1.49. The molecule has 0 saturated carbocycles. The molecule has 0 aliphatic carbocycles. The van der Waals surface area contributed by atoms with Gasteiger partial charge in [0, 0.05) is 6.21 Å². The largest absolute Gasteiger partial charge is 0.340 e. The first-order chi connectivity index (χ1) is 8.20. The summed E-state index contributed by atoms with van der Waals surface area (Å²) < 4.78 is 0. The van der Waals surface area contributed by atoms with Crippen molar-refractivity contribution in [2.75, 3.05) is 6.26 Å². The number of aromatic amines is 1. The number of thioether (sulfide) groups is 1. The Labute approximate surface area is 104 Å². The fraction of sp³-hybridized carbons (Fsp3) is 0.455. The number of hydrogen-bond donors (Lipinski definition) is 1. The van der Waals surface area contributed by atoms with Crippen LogP contribution in [0.3, 0.4) is 0 Å². The third kappa shape index (κ3) is 2.82. The molecule has 0 atom stereocenters. The van der Waals surface area contributed by atoms with Gasteiger partial charge in [-0.05, 0) is 18.6 Å². The summed E-state index contributed by atoms with van der Waals surface area (Å²) in [5.41, 5.74) is 1.46. The minimum atomic E-state index is 0.595. The van der Waals surface area contributed by atoms with Gasteiger partial charge in [0.15, 0.2) is 16.6 Å². The van der Waals surface area contributed by atoms with Crippen LogP contribution in [0.4, 0.5) is 5.82 Å². The van der Waals surface area contributed by atoms with Crippen molar-refractivity contribution in [2.45, 2.75) is 25.4 Å². The molecule has 90 valence electrons. The zero-order valence-corrected chi connectivity index (χ0v) is 11.0. The van der Waals surface area contributed by atoms with Crippen LogP contribution in [0, 0.1) is 5.92 Å². The number of nitrogens with zero attached hydrogens (tertiary/aromatic N) is 4. The number of aromatic nitrogens is 4. The molecule has 0 radical (unpaired) electrons. The molecule has 0 spiro atoms. The van der Waals surface area contributed by atoms with Crippen LogP contribution in [0.2, 0.25) is 0 Å². The lowest BCUT2D eigenvalue weighted by molar-refractivity contribution is 0.690. The van der Waals surface area contributed by atoms with Gasteiger partial charge in [-0.25, -0.2) is 19.9 Å². The number of H-pyrrole nitrogens is 1. The highest BCUT2D eigenvalue weighted by molar-refractivity contribution is 7.98. The van der Waals surface area contributed by atoms with Crippen LogP contribution in [0.5, 0.6) is 0 Å². The molecular weight excluding hydrogens is 234 g/mol. The van der Waals surface area contributed by atoms with Gasteiger partial charge in [0.1, 0.15) is 5.52 Å². The van der Waals surface area contributed by atoms with E-state index in [4.69, 9.17) is 0 Å². The Balaban J connectivity index is 2.37. The minimum absolute atomic E-state index is 0.595. The summed E-state index contributed by atoms with van der Waals surface area (Å²) in [6, 6.07) is 0. The molecule has 0 aromatic carbocycles.